The quantitative estimate of drug-likeness (QED) is 0.789. The van der Waals surface area contributed by atoms with E-state index < -0.39 is 15.8 Å². The third kappa shape index (κ3) is 2.83. The van der Waals surface area contributed by atoms with Crippen molar-refractivity contribution in [3.05, 3.63) is 52.3 Å². The minimum absolute atomic E-state index is 0.0984. The molecule has 2 aromatic carbocycles. The van der Waals surface area contributed by atoms with E-state index in [-0.39, 0.29) is 17.1 Å². The molecule has 0 aliphatic carbocycles. The predicted molar refractivity (Wildman–Crippen MR) is 89.9 cm³/mol. The molecule has 1 aliphatic rings. The van der Waals surface area contributed by atoms with Crippen LogP contribution in [0.5, 0.6) is 5.75 Å². The highest BCUT2D eigenvalue weighted by Gasteiger charge is 2.31. The second-order valence-corrected chi connectivity index (χ2v) is 7.94. The summed E-state index contributed by atoms with van der Waals surface area (Å²) in [6.07, 6.45) is 1.33. The Bertz CT molecular complexity index is 854. The van der Waals surface area contributed by atoms with Crippen molar-refractivity contribution >= 4 is 31.6 Å². The SMILES string of the molecule is COc1ccc(S(=O)(=O)N2CCCc3cccc(F)c32)cc1Br. The fourth-order valence-electron chi connectivity index (χ4n) is 2.74. The van der Waals surface area contributed by atoms with Gasteiger partial charge in [-0.2, -0.15) is 0 Å². The van der Waals surface area contributed by atoms with Crippen LogP contribution in [-0.4, -0.2) is 22.1 Å². The van der Waals surface area contributed by atoms with E-state index in [4.69, 9.17) is 4.74 Å². The maximum absolute atomic E-state index is 14.2. The highest BCUT2D eigenvalue weighted by molar-refractivity contribution is 9.10. The highest BCUT2D eigenvalue weighted by atomic mass is 79.9. The van der Waals surface area contributed by atoms with Crippen molar-refractivity contribution < 1.29 is 17.5 Å². The smallest absolute Gasteiger partial charge is 0.264 e. The molecule has 0 spiro atoms. The van der Waals surface area contributed by atoms with Gasteiger partial charge in [0, 0.05) is 6.54 Å². The number of para-hydroxylation sites is 1. The van der Waals surface area contributed by atoms with Crippen molar-refractivity contribution in [3.8, 4) is 5.75 Å². The number of anilines is 1. The monoisotopic (exact) mass is 399 g/mol. The molecule has 0 saturated carbocycles. The van der Waals surface area contributed by atoms with Gasteiger partial charge in [0.1, 0.15) is 11.6 Å². The van der Waals surface area contributed by atoms with Crippen molar-refractivity contribution in [2.75, 3.05) is 18.0 Å². The molecule has 0 amide bonds. The summed E-state index contributed by atoms with van der Waals surface area (Å²) in [5, 5.41) is 0. The third-order valence-electron chi connectivity index (χ3n) is 3.84. The second kappa shape index (κ2) is 6.13. The van der Waals surface area contributed by atoms with E-state index in [1.807, 2.05) is 0 Å². The third-order valence-corrected chi connectivity index (χ3v) is 6.25. The number of nitrogens with zero attached hydrogens (tertiary/aromatic N) is 1. The van der Waals surface area contributed by atoms with E-state index in [2.05, 4.69) is 15.9 Å². The van der Waals surface area contributed by atoms with Crippen LogP contribution in [0.3, 0.4) is 0 Å². The van der Waals surface area contributed by atoms with E-state index >= 15 is 0 Å². The van der Waals surface area contributed by atoms with Gasteiger partial charge in [0.25, 0.3) is 10.0 Å². The average molecular weight is 400 g/mol. The lowest BCUT2D eigenvalue weighted by Gasteiger charge is -2.30. The van der Waals surface area contributed by atoms with Crippen molar-refractivity contribution in [3.63, 3.8) is 0 Å². The molecule has 0 fully saturated rings. The number of ether oxygens (including phenoxy) is 1. The van der Waals surface area contributed by atoms with Crippen molar-refractivity contribution in [2.24, 2.45) is 0 Å². The number of rotatable bonds is 3. The van der Waals surface area contributed by atoms with E-state index in [1.54, 1.807) is 18.2 Å². The van der Waals surface area contributed by atoms with E-state index in [0.29, 0.717) is 28.6 Å². The fourth-order valence-corrected chi connectivity index (χ4v) is 5.01. The van der Waals surface area contributed by atoms with Gasteiger partial charge in [-0.1, -0.05) is 12.1 Å². The van der Waals surface area contributed by atoms with Crippen LogP contribution in [0, 0.1) is 5.82 Å². The largest absolute Gasteiger partial charge is 0.496 e. The van der Waals surface area contributed by atoms with Gasteiger partial charge in [-0.15, -0.1) is 0 Å². The summed E-state index contributed by atoms with van der Waals surface area (Å²) < 4.78 is 46.9. The van der Waals surface area contributed by atoms with Gasteiger partial charge in [0.2, 0.25) is 0 Å². The topological polar surface area (TPSA) is 46.6 Å². The van der Waals surface area contributed by atoms with Gasteiger partial charge in [-0.25, -0.2) is 12.8 Å². The van der Waals surface area contributed by atoms with E-state index in [0.717, 1.165) is 4.31 Å². The zero-order chi connectivity index (χ0) is 16.6. The van der Waals surface area contributed by atoms with Crippen molar-refractivity contribution in [2.45, 2.75) is 17.7 Å². The summed E-state index contributed by atoms with van der Waals surface area (Å²) in [6.45, 7) is 0.264. The average Bonchev–Trinajstić information content (AvgIpc) is 2.54. The Morgan fingerprint density at radius 2 is 2.04 bits per heavy atom. The van der Waals surface area contributed by atoms with Gasteiger partial charge < -0.3 is 4.74 Å². The zero-order valence-electron chi connectivity index (χ0n) is 12.4. The number of hydrogen-bond donors (Lipinski definition) is 0. The fraction of sp³-hybridized carbons (Fsp3) is 0.250. The summed E-state index contributed by atoms with van der Waals surface area (Å²) >= 11 is 3.29. The van der Waals surface area contributed by atoms with Crippen LogP contribution < -0.4 is 9.04 Å². The number of aryl methyl sites for hydroxylation is 1. The van der Waals surface area contributed by atoms with Crippen molar-refractivity contribution in [1.82, 2.24) is 0 Å². The molecule has 0 bridgehead atoms. The number of fused-ring (bicyclic) bond motifs is 1. The molecule has 0 atom stereocenters. The second-order valence-electron chi connectivity index (χ2n) is 5.22. The molecule has 0 saturated heterocycles. The molecule has 1 heterocycles. The molecule has 2 aromatic rings. The Hall–Kier alpha value is -1.60. The molecule has 0 radical (unpaired) electrons. The van der Waals surface area contributed by atoms with Gasteiger partial charge in [0.15, 0.2) is 0 Å². The standard InChI is InChI=1S/C16H15BrFNO3S/c1-22-15-8-7-12(10-13(15)17)23(20,21)19-9-3-5-11-4-2-6-14(18)16(11)19/h2,4,6-8,10H,3,5,9H2,1H3. The molecule has 0 unspecified atom stereocenters. The first-order chi connectivity index (χ1) is 10.9. The van der Waals surface area contributed by atoms with E-state index in [1.165, 1.54) is 25.3 Å². The molecule has 1 aliphatic heterocycles. The Morgan fingerprint density at radius 3 is 2.74 bits per heavy atom. The molecular formula is C16H15BrFNO3S. The number of methoxy groups -OCH3 is 1. The highest BCUT2D eigenvalue weighted by Crippen LogP contribution is 2.35. The summed E-state index contributed by atoms with van der Waals surface area (Å²) in [4.78, 5) is 0.0984. The molecule has 3 rings (SSSR count). The molecule has 7 heteroatoms. The molecule has 122 valence electrons. The van der Waals surface area contributed by atoms with Gasteiger partial charge in [-0.3, -0.25) is 4.31 Å². The lowest BCUT2D eigenvalue weighted by atomic mass is 10.0. The van der Waals surface area contributed by atoms with Crippen LogP contribution in [0.1, 0.15) is 12.0 Å². The van der Waals surface area contributed by atoms with Gasteiger partial charge in [-0.05, 0) is 58.6 Å². The van der Waals surface area contributed by atoms with Crippen LogP contribution in [0.15, 0.2) is 45.8 Å². The zero-order valence-corrected chi connectivity index (χ0v) is 14.8. The number of halogens is 2. The van der Waals surface area contributed by atoms with Crippen LogP contribution in [0.4, 0.5) is 10.1 Å². The van der Waals surface area contributed by atoms with Crippen LogP contribution in [-0.2, 0) is 16.4 Å². The minimum Gasteiger partial charge on any atom is -0.496 e. The molecule has 4 nitrogen and oxygen atoms in total. The first-order valence-corrected chi connectivity index (χ1v) is 9.32. The number of benzene rings is 2. The Morgan fingerprint density at radius 1 is 1.26 bits per heavy atom. The predicted octanol–water partition coefficient (Wildman–Crippen LogP) is 3.74. The lowest BCUT2D eigenvalue weighted by Crippen LogP contribution is -2.36. The first-order valence-electron chi connectivity index (χ1n) is 7.09. The first kappa shape index (κ1) is 16.3. The maximum Gasteiger partial charge on any atom is 0.264 e. The maximum atomic E-state index is 14.2. The number of sulfonamides is 1. The normalized spacial score (nSPS) is 14.5. The van der Waals surface area contributed by atoms with Crippen LogP contribution in [0.2, 0.25) is 0 Å². The number of hydrogen-bond acceptors (Lipinski definition) is 3. The summed E-state index contributed by atoms with van der Waals surface area (Å²) in [5.74, 6) is 0.0209. The Kier molecular flexibility index (Phi) is 4.33. The Labute approximate surface area is 143 Å². The molecule has 0 N–H and O–H groups in total. The van der Waals surface area contributed by atoms with Gasteiger partial charge in [0.05, 0.1) is 22.2 Å². The molecule has 23 heavy (non-hydrogen) atoms. The summed E-state index contributed by atoms with van der Waals surface area (Å²) in [6, 6.07) is 9.18. The minimum atomic E-state index is -3.84. The molecule has 0 aromatic heterocycles. The van der Waals surface area contributed by atoms with Crippen LogP contribution >= 0.6 is 15.9 Å². The van der Waals surface area contributed by atoms with Crippen LogP contribution in [0.25, 0.3) is 0 Å². The Balaban J connectivity index is 2.10. The summed E-state index contributed by atoms with van der Waals surface area (Å²) in [7, 11) is -2.33. The van der Waals surface area contributed by atoms with Gasteiger partial charge >= 0.3 is 0 Å². The molecular weight excluding hydrogens is 385 g/mol. The van der Waals surface area contributed by atoms with E-state index in [9.17, 15) is 12.8 Å². The summed E-state index contributed by atoms with van der Waals surface area (Å²) in [5.41, 5.74) is 0.873. The lowest BCUT2D eigenvalue weighted by molar-refractivity contribution is 0.411. The van der Waals surface area contributed by atoms with Crippen molar-refractivity contribution in [1.29, 1.82) is 0 Å².